The Balaban J connectivity index is 1.98. The number of carboxylic acid groups (broad SMARTS) is 1. The van der Waals surface area contributed by atoms with Crippen LogP contribution < -0.4 is 0 Å². The first kappa shape index (κ1) is 15.9. The van der Waals surface area contributed by atoms with Crippen LogP contribution in [-0.2, 0) is 4.79 Å². The van der Waals surface area contributed by atoms with Gasteiger partial charge in [0, 0.05) is 12.1 Å². The van der Waals surface area contributed by atoms with Crippen LogP contribution in [0.4, 0.5) is 0 Å². The van der Waals surface area contributed by atoms with Gasteiger partial charge in [-0.3, -0.25) is 14.5 Å². The van der Waals surface area contributed by atoms with Crippen LogP contribution >= 0.6 is 0 Å². The van der Waals surface area contributed by atoms with Gasteiger partial charge in [-0.25, -0.2) is 0 Å². The van der Waals surface area contributed by atoms with Crippen molar-refractivity contribution in [1.29, 1.82) is 0 Å². The molecular weight excluding hydrogens is 278 g/mol. The third-order valence-corrected chi connectivity index (χ3v) is 3.43. The summed E-state index contributed by atoms with van der Waals surface area (Å²) >= 11 is 0. The fourth-order valence-corrected chi connectivity index (χ4v) is 2.18. The lowest BCUT2D eigenvalue weighted by Crippen LogP contribution is -2.28. The van der Waals surface area contributed by atoms with Gasteiger partial charge in [0.15, 0.2) is 5.78 Å². The van der Waals surface area contributed by atoms with Crippen molar-refractivity contribution in [2.75, 3.05) is 20.1 Å². The molecule has 0 fully saturated rings. The number of carboxylic acids is 1. The highest BCUT2D eigenvalue weighted by Crippen LogP contribution is 2.19. The minimum atomic E-state index is -0.855. The number of likely N-dealkylation sites (N-methyl/N-ethyl adjacent to an activating group) is 1. The highest BCUT2D eigenvalue weighted by atomic mass is 16.4. The summed E-state index contributed by atoms with van der Waals surface area (Å²) in [7, 11) is 1.75. The van der Waals surface area contributed by atoms with Crippen LogP contribution in [0.1, 0.15) is 16.8 Å². The highest BCUT2D eigenvalue weighted by molar-refractivity contribution is 5.98. The lowest BCUT2D eigenvalue weighted by molar-refractivity contribution is -0.137. The molecule has 2 aromatic rings. The first-order chi connectivity index (χ1) is 10.6. The lowest BCUT2D eigenvalue weighted by Gasteiger charge is -2.14. The molecule has 0 aliphatic carbocycles. The summed E-state index contributed by atoms with van der Waals surface area (Å²) in [5.41, 5.74) is 2.82. The van der Waals surface area contributed by atoms with E-state index in [2.05, 4.69) is 0 Å². The third-order valence-electron chi connectivity index (χ3n) is 3.43. The highest BCUT2D eigenvalue weighted by Gasteiger charge is 2.10. The number of carbonyl (C=O) groups excluding carboxylic acids is 1. The summed E-state index contributed by atoms with van der Waals surface area (Å²) in [4.78, 5) is 24.4. The summed E-state index contributed by atoms with van der Waals surface area (Å²) in [6.45, 7) is 0.584. The Morgan fingerprint density at radius 2 is 1.55 bits per heavy atom. The topological polar surface area (TPSA) is 57.6 Å². The number of rotatable bonds is 7. The normalized spacial score (nSPS) is 10.6. The Morgan fingerprint density at radius 3 is 2.14 bits per heavy atom. The molecule has 1 N–H and O–H groups in total. The first-order valence-corrected chi connectivity index (χ1v) is 7.15. The maximum atomic E-state index is 12.2. The van der Waals surface area contributed by atoms with Crippen molar-refractivity contribution < 1.29 is 14.7 Å². The Kier molecular flexibility index (Phi) is 5.44. The summed E-state index contributed by atoms with van der Waals surface area (Å²) in [6.07, 6.45) is 0.0384. The van der Waals surface area contributed by atoms with E-state index < -0.39 is 5.97 Å². The van der Waals surface area contributed by atoms with Gasteiger partial charge in [-0.1, -0.05) is 54.6 Å². The van der Waals surface area contributed by atoms with Gasteiger partial charge >= 0.3 is 5.97 Å². The van der Waals surface area contributed by atoms with Crippen LogP contribution in [-0.4, -0.2) is 41.9 Å². The quantitative estimate of drug-likeness (QED) is 0.798. The van der Waals surface area contributed by atoms with E-state index in [0.29, 0.717) is 12.1 Å². The van der Waals surface area contributed by atoms with Crippen LogP contribution in [0.3, 0.4) is 0 Å². The van der Waals surface area contributed by atoms with Crippen LogP contribution in [0.5, 0.6) is 0 Å². The molecule has 0 spiro atoms. The van der Waals surface area contributed by atoms with E-state index in [-0.39, 0.29) is 18.7 Å². The van der Waals surface area contributed by atoms with Crippen molar-refractivity contribution in [2.24, 2.45) is 0 Å². The van der Waals surface area contributed by atoms with Gasteiger partial charge in [-0.05, 0) is 18.2 Å². The van der Waals surface area contributed by atoms with Crippen molar-refractivity contribution in [3.05, 3.63) is 60.2 Å². The summed E-state index contributed by atoms with van der Waals surface area (Å²) < 4.78 is 0. The van der Waals surface area contributed by atoms with Crippen molar-refractivity contribution >= 4 is 11.8 Å². The molecule has 0 aliphatic heterocycles. The molecule has 0 heterocycles. The van der Waals surface area contributed by atoms with E-state index in [1.54, 1.807) is 11.9 Å². The fraction of sp³-hybridized carbons (Fsp3) is 0.222. The molecule has 0 atom stereocenters. The molecule has 0 saturated heterocycles. The number of nitrogens with zero attached hydrogens (tertiary/aromatic N) is 1. The van der Waals surface area contributed by atoms with E-state index in [1.165, 1.54) is 0 Å². The number of carbonyl (C=O) groups is 2. The summed E-state index contributed by atoms with van der Waals surface area (Å²) in [5, 5.41) is 8.64. The molecule has 0 aliphatic rings. The van der Waals surface area contributed by atoms with Crippen LogP contribution in [0.25, 0.3) is 11.1 Å². The van der Waals surface area contributed by atoms with Gasteiger partial charge in [0.25, 0.3) is 0 Å². The largest absolute Gasteiger partial charge is 0.481 e. The minimum Gasteiger partial charge on any atom is -0.481 e. The molecule has 2 aromatic carbocycles. The molecular formula is C18H19NO3. The van der Waals surface area contributed by atoms with E-state index in [0.717, 1.165) is 11.1 Å². The molecule has 4 nitrogen and oxygen atoms in total. The molecule has 0 bridgehead atoms. The smallest absolute Gasteiger partial charge is 0.304 e. The van der Waals surface area contributed by atoms with E-state index >= 15 is 0 Å². The Morgan fingerprint density at radius 1 is 0.955 bits per heavy atom. The van der Waals surface area contributed by atoms with E-state index in [4.69, 9.17) is 5.11 Å². The predicted molar refractivity (Wildman–Crippen MR) is 86.0 cm³/mol. The molecule has 2 rings (SSSR count). The molecule has 22 heavy (non-hydrogen) atoms. The van der Waals surface area contributed by atoms with Gasteiger partial charge in [-0.2, -0.15) is 0 Å². The van der Waals surface area contributed by atoms with E-state index in [9.17, 15) is 9.59 Å². The van der Waals surface area contributed by atoms with Crippen molar-refractivity contribution in [1.82, 2.24) is 4.90 Å². The average Bonchev–Trinajstić information content (AvgIpc) is 2.54. The molecule has 4 heteroatoms. The predicted octanol–water partition coefficient (Wildman–Crippen LogP) is 2.94. The Labute approximate surface area is 130 Å². The Hall–Kier alpha value is -2.46. The van der Waals surface area contributed by atoms with Crippen molar-refractivity contribution in [2.45, 2.75) is 6.42 Å². The fourth-order valence-electron chi connectivity index (χ4n) is 2.18. The molecule has 114 valence electrons. The van der Waals surface area contributed by atoms with Crippen LogP contribution in [0.2, 0.25) is 0 Å². The second kappa shape index (κ2) is 7.52. The number of Topliss-reactive ketones (excluding diaryl/α,β-unsaturated/α-hetero) is 1. The number of hydrogen-bond donors (Lipinski definition) is 1. The second-order valence-corrected chi connectivity index (χ2v) is 5.25. The zero-order valence-electron chi connectivity index (χ0n) is 12.5. The van der Waals surface area contributed by atoms with Gasteiger partial charge in [0.1, 0.15) is 0 Å². The average molecular weight is 297 g/mol. The van der Waals surface area contributed by atoms with Gasteiger partial charge in [-0.15, -0.1) is 0 Å². The van der Waals surface area contributed by atoms with Gasteiger partial charge < -0.3 is 5.11 Å². The zero-order chi connectivity index (χ0) is 15.9. The molecule has 0 amide bonds. The third kappa shape index (κ3) is 4.53. The van der Waals surface area contributed by atoms with Gasteiger partial charge in [0.2, 0.25) is 0 Å². The maximum Gasteiger partial charge on any atom is 0.304 e. The second-order valence-electron chi connectivity index (χ2n) is 5.25. The monoisotopic (exact) mass is 297 g/mol. The van der Waals surface area contributed by atoms with Crippen LogP contribution in [0, 0.1) is 0 Å². The molecule has 0 saturated carbocycles. The number of aliphatic carboxylic acids is 1. The number of benzene rings is 2. The standard InChI is InChI=1S/C18H19NO3/c1-19(12-11-18(21)22)13-17(20)16-9-7-15(8-10-16)14-5-3-2-4-6-14/h2-10H,11-13H2,1H3,(H,21,22). The summed E-state index contributed by atoms with van der Waals surface area (Å²) in [6, 6.07) is 17.5. The number of hydrogen-bond acceptors (Lipinski definition) is 3. The SMILES string of the molecule is CN(CCC(=O)O)CC(=O)c1ccc(-c2ccccc2)cc1. The lowest BCUT2D eigenvalue weighted by atomic mass is 10.0. The molecule has 0 radical (unpaired) electrons. The van der Waals surface area contributed by atoms with Crippen molar-refractivity contribution in [3.63, 3.8) is 0 Å². The maximum absolute atomic E-state index is 12.2. The Bertz CT molecular complexity index is 635. The molecule has 0 aromatic heterocycles. The number of ketones is 1. The molecule has 0 unspecified atom stereocenters. The van der Waals surface area contributed by atoms with Gasteiger partial charge in [0.05, 0.1) is 13.0 Å². The van der Waals surface area contributed by atoms with Crippen LogP contribution in [0.15, 0.2) is 54.6 Å². The summed E-state index contributed by atoms with van der Waals surface area (Å²) in [5.74, 6) is -0.862. The van der Waals surface area contributed by atoms with E-state index in [1.807, 2.05) is 54.6 Å². The minimum absolute atomic E-state index is 0.00694. The zero-order valence-corrected chi connectivity index (χ0v) is 12.5. The van der Waals surface area contributed by atoms with Crippen molar-refractivity contribution in [3.8, 4) is 11.1 Å². The first-order valence-electron chi connectivity index (χ1n) is 7.15.